The number of carboxylic acid groups (broad SMARTS) is 1. The number of hydrogen-bond donors (Lipinski definition) is 4. The first kappa shape index (κ1) is 95.6. The number of carbonyl (C=O) groups excluding carboxylic acids is 4. The molecule has 0 radical (unpaired) electrons. The van der Waals surface area contributed by atoms with E-state index in [1.807, 2.05) is 107 Å². The zero-order valence-corrected chi connectivity index (χ0v) is 73.6. The van der Waals surface area contributed by atoms with Crippen molar-refractivity contribution in [2.45, 2.75) is 113 Å². The number of aliphatic carboxylic acids is 1. The van der Waals surface area contributed by atoms with E-state index in [2.05, 4.69) is 31.9 Å². The molecule has 0 unspecified atom stereocenters. The minimum atomic E-state index is -3.12. The number of fused-ring (bicyclic) bond motifs is 5. The predicted molar refractivity (Wildman–Crippen MR) is 516 cm³/mol. The third-order valence-corrected chi connectivity index (χ3v) is 21.1. The summed E-state index contributed by atoms with van der Waals surface area (Å²) in [6.45, 7) is 19.2. The second-order valence-electron chi connectivity index (χ2n) is 27.8. The molecule has 12 rings (SSSR count). The molecule has 660 valence electrons. The number of sulfone groups is 2. The van der Waals surface area contributed by atoms with Gasteiger partial charge in [-0.05, 0) is 263 Å². The second kappa shape index (κ2) is 42.0. The summed E-state index contributed by atoms with van der Waals surface area (Å²) >= 11 is 6.50. The van der Waals surface area contributed by atoms with Gasteiger partial charge in [-0.2, -0.15) is 5.26 Å². The van der Waals surface area contributed by atoms with Crippen LogP contribution in [-0.4, -0.2) is 118 Å². The van der Waals surface area contributed by atoms with Gasteiger partial charge in [-0.25, -0.2) is 36.0 Å². The lowest BCUT2D eigenvalue weighted by Crippen LogP contribution is -2.10. The van der Waals surface area contributed by atoms with E-state index in [4.69, 9.17) is 36.5 Å². The second-order valence-corrected chi connectivity index (χ2v) is 33.8. The van der Waals surface area contributed by atoms with Gasteiger partial charge in [0.15, 0.2) is 19.7 Å². The fourth-order valence-electron chi connectivity index (χ4n) is 12.3. The van der Waals surface area contributed by atoms with Gasteiger partial charge in [0.25, 0.3) is 17.1 Å². The molecule has 0 bridgehead atoms. The number of nitriles is 1. The van der Waals surface area contributed by atoms with Crippen molar-refractivity contribution < 1.29 is 108 Å². The number of nitrogen functional groups attached to an aromatic ring is 3. The van der Waals surface area contributed by atoms with E-state index in [1.54, 1.807) is 90.0 Å². The van der Waals surface area contributed by atoms with Crippen LogP contribution in [0.5, 0.6) is 0 Å². The highest BCUT2D eigenvalue weighted by Crippen LogP contribution is 2.37. The summed E-state index contributed by atoms with van der Waals surface area (Å²) in [5.41, 5.74) is 38.2. The van der Waals surface area contributed by atoms with Crippen LogP contribution in [0.2, 0.25) is 0 Å². The Labute approximate surface area is 741 Å². The lowest BCUT2D eigenvalue weighted by Gasteiger charge is -2.08. The number of rotatable bonds is 17. The van der Waals surface area contributed by atoms with E-state index in [1.165, 1.54) is 42.5 Å². The van der Waals surface area contributed by atoms with Gasteiger partial charge in [-0.3, -0.25) is 35.1 Å². The number of nitrogens with two attached hydrogens (primary N) is 3. The number of carbonyl (C=O) groups is 5. The smallest absolute Gasteiger partial charge is 0.334 e. The number of hydrogen-bond acceptors (Lipinski definition) is 23. The van der Waals surface area contributed by atoms with Crippen LogP contribution in [0.25, 0.3) is 30.4 Å². The van der Waals surface area contributed by atoms with Gasteiger partial charge in [0.1, 0.15) is 11.6 Å². The lowest BCUT2D eigenvalue weighted by atomic mass is 10.0. The minimum Gasteiger partial charge on any atom is -0.478 e. The van der Waals surface area contributed by atoms with Crippen LogP contribution in [0.1, 0.15) is 159 Å². The summed E-state index contributed by atoms with van der Waals surface area (Å²) in [6.07, 6.45) is 14.9. The van der Waals surface area contributed by atoms with Crippen molar-refractivity contribution >= 4 is 170 Å². The fourth-order valence-corrected chi connectivity index (χ4v) is 15.0. The molecule has 0 heterocycles. The fraction of sp³-hybridized carbons (Fsp3) is 0.286. The number of nitro benzene ring substituents is 3. The van der Waals surface area contributed by atoms with Gasteiger partial charge in [0, 0.05) is 181 Å². The van der Waals surface area contributed by atoms with Crippen molar-refractivity contribution in [2.75, 3.05) is 63.6 Å². The molecule has 7 aromatic rings. The number of Topliss-reactive ketones (excluding diaryl/α,β-unsaturated/α-hetero) is 1. The Kier molecular flexibility index (Phi) is 34.7. The number of nitro groups is 3. The molecule has 116 heavy (non-hydrogen) atoms. The van der Waals surface area contributed by atoms with Gasteiger partial charge in [0.2, 0.25) is 5.78 Å². The standard InChI is InChI=1S/C18H20N2O3S.C15H18O4S.C13H13NO4.C13H15NO2.C11H9NO4.C7H7BrN2O2.C7H8BrN.HI.23H2/c1-12-5-13-6-15(18(21)17(9-19)10-20(2)3)7-14(13)8-16(12)11-24(4,22)23;1-4-19-15(16)13-6-11-5-10(2)14(8-12(11)7-13)9-20(3,17)18;1-3-18-13(15)11-5-9-4-8(2)12(14(16)17)7-10(9)6-11;1-3-16-13(15)11-5-9-4-8(2)12(14)7-10(9)6-11;1-6-2-7-3-9(11(13)14)4-8(7)5-10(6)12(15)16;1-4-2-5(8)6(9)3-7(4)10(11)12;1-5-2-3-7(9)6(8)4-5;;;;;;;;;;;;;;;;;;;;;;;;/h5-6,8,10H,7,11H2,1-4H3;5-6,8H,4,7,9H2,1-3H3;4-5,7H,3,6H2,1-2H3;4-5,7H,3,6,14H2,1-2H3;2-3,5H,4H2,1H3,(H,13,14);2-3H,9H2,1H3;2-4H,9H2,1H3;24*1H. The first-order chi connectivity index (χ1) is 53.7. The number of aryl methyl sites for hydroxylation is 7. The molecular weight excluding hydrogens is 1780 g/mol. The van der Waals surface area contributed by atoms with E-state index >= 15 is 0 Å². The molecule has 5 aliphatic rings. The zero-order chi connectivity index (χ0) is 86.0. The highest BCUT2D eigenvalue weighted by molar-refractivity contribution is 14.0. The SMILES string of the molecule is CCOC(=O)C1=Cc2cc(C)c(CS(C)(=O)=O)cc2C1.CCOC(=O)C1=Cc2cc(C)c(N)cc2C1.CCOC(=O)C1=Cc2cc(C)c([N+](=O)[O-])cc2C1.Cc1cc(Br)c(N)cc1[N+](=O)[O-].Cc1cc2c(cc1CS(C)(=O)=O)CC(C(=O)C(C#N)=CN(C)C)=C2.Cc1cc2c(cc1[N+](=O)[O-])CC(C(=O)O)=C2.Cc1ccc(N)c(Br)c1.I.[HH].[HH].[HH].[HH].[HH].[HH].[HH].[HH].[HH].[HH].[HH].[HH].[HH].[HH].[HH].[HH].[HH].[HH].[HH].[HH].[HH].[HH].[HH]. The molecule has 0 saturated carbocycles. The van der Waals surface area contributed by atoms with Crippen LogP contribution in [0.15, 0.2) is 140 Å². The maximum absolute atomic E-state index is 12.5. The summed E-state index contributed by atoms with van der Waals surface area (Å²) in [4.78, 5) is 90.5. The average Bonchev–Trinajstić information content (AvgIpc) is 1.66. The van der Waals surface area contributed by atoms with Crippen molar-refractivity contribution in [1.29, 1.82) is 5.26 Å². The van der Waals surface area contributed by atoms with Crippen molar-refractivity contribution in [3.63, 3.8) is 0 Å². The number of halogens is 3. The Morgan fingerprint density at radius 1 is 0.491 bits per heavy atom. The number of esters is 3. The van der Waals surface area contributed by atoms with E-state index in [0.717, 1.165) is 93.7 Å². The highest BCUT2D eigenvalue weighted by atomic mass is 127. The number of ether oxygens (including phenoxy) is 3. The summed E-state index contributed by atoms with van der Waals surface area (Å²) in [7, 11) is -2.68. The molecule has 32 heteroatoms. The maximum atomic E-state index is 12.5. The maximum Gasteiger partial charge on any atom is 0.334 e. The molecule has 0 aliphatic heterocycles. The zero-order valence-electron chi connectivity index (χ0n) is 66.4. The molecule has 0 aromatic heterocycles. The average molecular weight is 1910 g/mol. The summed E-state index contributed by atoms with van der Waals surface area (Å²) < 4.78 is 62.5. The number of benzene rings is 7. The molecule has 7 N–H and O–H groups in total. The first-order valence-electron chi connectivity index (χ1n) is 35.6. The Morgan fingerprint density at radius 2 is 0.819 bits per heavy atom. The number of ketones is 1. The molecule has 0 spiro atoms. The first-order valence-corrected chi connectivity index (χ1v) is 41.3. The quantitative estimate of drug-likeness (QED) is 0.00961. The van der Waals surface area contributed by atoms with Gasteiger partial charge in [0.05, 0.1) is 51.8 Å². The molecule has 7 aromatic carbocycles. The van der Waals surface area contributed by atoms with Crippen LogP contribution < -0.4 is 17.2 Å². The molecule has 0 amide bonds. The minimum absolute atomic E-state index is 0. The van der Waals surface area contributed by atoms with Crippen LogP contribution in [0, 0.1) is 90.1 Å². The predicted octanol–water partition coefficient (Wildman–Crippen LogP) is 21.3. The normalized spacial score (nSPS) is 12.7. The third-order valence-electron chi connectivity index (χ3n) is 18.0. The van der Waals surface area contributed by atoms with Crippen LogP contribution in [-0.2, 0) is 101 Å². The number of allylic oxidation sites excluding steroid dienone is 2. The van der Waals surface area contributed by atoms with Crippen molar-refractivity contribution in [2.24, 2.45) is 0 Å². The number of carboxylic acids is 1. The molecule has 27 nitrogen and oxygen atoms in total. The van der Waals surface area contributed by atoms with Crippen molar-refractivity contribution in [1.82, 2.24) is 4.90 Å². The highest BCUT2D eigenvalue weighted by Gasteiger charge is 2.28. The third kappa shape index (κ3) is 27.1. The van der Waals surface area contributed by atoms with E-state index in [-0.39, 0.29) is 127 Å². The summed E-state index contributed by atoms with van der Waals surface area (Å²) in [6, 6.07) is 28.7. The Hall–Kier alpha value is -11.0. The Morgan fingerprint density at radius 3 is 1.17 bits per heavy atom. The molecule has 0 fully saturated rings. The topological polar surface area (TPSA) is 436 Å². The molecule has 5 aliphatic carbocycles. The Balaban J connectivity index is -0.0000000700. The summed E-state index contributed by atoms with van der Waals surface area (Å²) in [5.74, 6) is -2.13. The molecular formula is C84H137Br2IN8O19S2. The number of anilines is 3. The van der Waals surface area contributed by atoms with Crippen LogP contribution in [0.3, 0.4) is 0 Å². The lowest BCUT2D eigenvalue weighted by molar-refractivity contribution is -0.385. The van der Waals surface area contributed by atoms with Gasteiger partial charge in [-0.1, -0.05) is 30.3 Å². The van der Waals surface area contributed by atoms with Gasteiger partial charge in [-0.15, -0.1) is 24.0 Å². The van der Waals surface area contributed by atoms with Gasteiger partial charge >= 0.3 is 23.9 Å². The van der Waals surface area contributed by atoms with Crippen molar-refractivity contribution in [3.05, 3.63) is 276 Å². The Bertz CT molecular complexity index is 5680. The van der Waals surface area contributed by atoms with Crippen molar-refractivity contribution in [3.8, 4) is 6.07 Å². The van der Waals surface area contributed by atoms with E-state index in [0.29, 0.717) is 100 Å². The summed E-state index contributed by atoms with van der Waals surface area (Å²) in [5, 5.41) is 50.0. The monoisotopic (exact) mass is 1910 g/mol. The number of nitrogens with zero attached hydrogens (tertiary/aromatic N) is 5. The van der Waals surface area contributed by atoms with E-state index < -0.39 is 40.4 Å². The van der Waals surface area contributed by atoms with Crippen LogP contribution in [0.4, 0.5) is 34.1 Å². The molecule has 0 atom stereocenters. The molecule has 0 saturated heterocycles. The van der Waals surface area contributed by atoms with Crippen LogP contribution >= 0.6 is 55.8 Å². The largest absolute Gasteiger partial charge is 0.478 e. The van der Waals surface area contributed by atoms with E-state index in [9.17, 15) is 76.4 Å². The van der Waals surface area contributed by atoms with Gasteiger partial charge < -0.3 is 41.4 Å².